The van der Waals surface area contributed by atoms with Crippen LogP contribution >= 0.6 is 0 Å². The molecule has 0 aromatic rings. The highest BCUT2D eigenvalue weighted by Gasteiger charge is 2.16. The average molecular weight is 170 g/mol. The summed E-state index contributed by atoms with van der Waals surface area (Å²) in [6.07, 6.45) is 3.99. The van der Waals surface area contributed by atoms with E-state index in [4.69, 9.17) is 0 Å². The minimum Gasteiger partial charge on any atom is -0.299 e. The number of hydrogen-bond acceptors (Lipinski definition) is 1. The van der Waals surface area contributed by atoms with Crippen LogP contribution in [0.15, 0.2) is 0 Å². The fourth-order valence-corrected chi connectivity index (χ4v) is 1.47. The summed E-state index contributed by atoms with van der Waals surface area (Å²) in [7, 11) is 0. The van der Waals surface area contributed by atoms with E-state index in [-0.39, 0.29) is 0 Å². The Hall–Kier alpha value is -0.330. The largest absolute Gasteiger partial charge is 0.299 e. The predicted octanol–water partition coefficient (Wildman–Crippen LogP) is 3.43. The lowest BCUT2D eigenvalue weighted by molar-refractivity contribution is -0.123. The second-order valence-electron chi connectivity index (χ2n) is 3.67. The van der Waals surface area contributed by atoms with Crippen molar-refractivity contribution in [3.63, 3.8) is 0 Å². The van der Waals surface area contributed by atoms with E-state index in [1.807, 2.05) is 6.92 Å². The average Bonchev–Trinajstić information content (AvgIpc) is 2.12. The van der Waals surface area contributed by atoms with Crippen LogP contribution in [0.2, 0.25) is 0 Å². The lowest BCUT2D eigenvalue weighted by atomic mass is 9.88. The molecule has 0 saturated heterocycles. The summed E-state index contributed by atoms with van der Waals surface area (Å²) < 4.78 is 0. The molecular weight excluding hydrogens is 148 g/mol. The van der Waals surface area contributed by atoms with Gasteiger partial charge in [-0.05, 0) is 18.8 Å². The van der Waals surface area contributed by atoms with Gasteiger partial charge in [-0.2, -0.15) is 0 Å². The van der Waals surface area contributed by atoms with E-state index >= 15 is 0 Å². The third kappa shape index (κ3) is 3.89. The lowest BCUT2D eigenvalue weighted by Crippen LogP contribution is -2.15. The predicted molar refractivity (Wildman–Crippen MR) is 53.2 cm³/mol. The normalized spacial score (nSPS) is 15.7. The van der Waals surface area contributed by atoms with Gasteiger partial charge < -0.3 is 0 Å². The Kier molecular flexibility index (Phi) is 6.04. The molecule has 0 aliphatic carbocycles. The standard InChI is InChI=1S/C11H22O/c1-5-9(4)8-10(6-2)11(12)7-3/h9-10H,5-8H2,1-4H3. The van der Waals surface area contributed by atoms with Crippen molar-refractivity contribution in [2.24, 2.45) is 11.8 Å². The Labute approximate surface area is 76.6 Å². The van der Waals surface area contributed by atoms with E-state index in [9.17, 15) is 4.79 Å². The van der Waals surface area contributed by atoms with Crippen LogP contribution in [0.5, 0.6) is 0 Å². The molecule has 2 unspecified atom stereocenters. The van der Waals surface area contributed by atoms with Crippen LogP contribution in [0.4, 0.5) is 0 Å². The highest BCUT2D eigenvalue weighted by molar-refractivity contribution is 5.80. The van der Waals surface area contributed by atoms with Crippen LogP contribution in [-0.4, -0.2) is 5.78 Å². The number of ketones is 1. The molecule has 0 aliphatic heterocycles. The molecule has 12 heavy (non-hydrogen) atoms. The Morgan fingerprint density at radius 2 is 1.75 bits per heavy atom. The van der Waals surface area contributed by atoms with Gasteiger partial charge in [0.05, 0.1) is 0 Å². The molecule has 0 amide bonds. The monoisotopic (exact) mass is 170 g/mol. The van der Waals surface area contributed by atoms with Gasteiger partial charge in [-0.1, -0.05) is 34.1 Å². The molecule has 0 radical (unpaired) electrons. The van der Waals surface area contributed by atoms with Crippen LogP contribution in [0.25, 0.3) is 0 Å². The molecule has 0 aromatic carbocycles. The third-order valence-corrected chi connectivity index (χ3v) is 2.68. The van der Waals surface area contributed by atoms with Gasteiger partial charge in [0, 0.05) is 12.3 Å². The Balaban J connectivity index is 3.90. The zero-order valence-electron chi connectivity index (χ0n) is 8.89. The first-order valence-corrected chi connectivity index (χ1v) is 5.18. The number of carbonyl (C=O) groups is 1. The minimum atomic E-state index is 0.324. The number of hydrogen-bond donors (Lipinski definition) is 0. The van der Waals surface area contributed by atoms with Crippen molar-refractivity contribution < 1.29 is 4.79 Å². The molecule has 0 spiro atoms. The number of carbonyl (C=O) groups excluding carboxylic acids is 1. The molecule has 72 valence electrons. The van der Waals surface area contributed by atoms with Crippen molar-refractivity contribution in [1.29, 1.82) is 0 Å². The Morgan fingerprint density at radius 1 is 1.17 bits per heavy atom. The van der Waals surface area contributed by atoms with Crippen LogP contribution in [0.3, 0.4) is 0 Å². The van der Waals surface area contributed by atoms with Crippen molar-refractivity contribution in [3.8, 4) is 0 Å². The van der Waals surface area contributed by atoms with Crippen molar-refractivity contribution in [1.82, 2.24) is 0 Å². The topological polar surface area (TPSA) is 17.1 Å². The fraction of sp³-hybridized carbons (Fsp3) is 0.909. The summed E-state index contributed by atoms with van der Waals surface area (Å²) in [5.41, 5.74) is 0. The highest BCUT2D eigenvalue weighted by atomic mass is 16.1. The molecule has 0 heterocycles. The van der Waals surface area contributed by atoms with Gasteiger partial charge in [0.25, 0.3) is 0 Å². The van der Waals surface area contributed by atoms with Gasteiger partial charge >= 0.3 is 0 Å². The molecule has 1 heteroatoms. The zero-order valence-corrected chi connectivity index (χ0v) is 8.89. The first-order chi connectivity index (χ1) is 5.65. The summed E-state index contributed by atoms with van der Waals surface area (Å²) in [5.74, 6) is 1.47. The maximum atomic E-state index is 11.4. The van der Waals surface area contributed by atoms with Crippen molar-refractivity contribution in [2.75, 3.05) is 0 Å². The maximum absolute atomic E-state index is 11.4. The summed E-state index contributed by atoms with van der Waals surface area (Å²) in [6.45, 7) is 8.49. The molecular formula is C11H22O. The lowest BCUT2D eigenvalue weighted by Gasteiger charge is -2.16. The molecule has 0 aliphatic rings. The van der Waals surface area contributed by atoms with Gasteiger partial charge in [-0.25, -0.2) is 0 Å². The third-order valence-electron chi connectivity index (χ3n) is 2.68. The Bertz CT molecular complexity index is 129. The molecule has 1 nitrogen and oxygen atoms in total. The molecule has 0 aromatic heterocycles. The Morgan fingerprint density at radius 3 is 2.08 bits per heavy atom. The molecule has 0 N–H and O–H groups in total. The van der Waals surface area contributed by atoms with Gasteiger partial charge in [-0.15, -0.1) is 0 Å². The number of Topliss-reactive ketones (excluding diaryl/α,β-unsaturated/α-hetero) is 1. The van der Waals surface area contributed by atoms with Crippen LogP contribution in [0.1, 0.15) is 53.4 Å². The smallest absolute Gasteiger partial charge is 0.135 e. The fourth-order valence-electron chi connectivity index (χ4n) is 1.47. The SMILES string of the molecule is CCC(=O)C(CC)CC(C)CC. The molecule has 0 saturated carbocycles. The number of rotatable bonds is 6. The minimum absolute atomic E-state index is 0.324. The first-order valence-electron chi connectivity index (χ1n) is 5.18. The van der Waals surface area contributed by atoms with E-state index < -0.39 is 0 Å². The first kappa shape index (κ1) is 11.7. The summed E-state index contributed by atoms with van der Waals surface area (Å²) in [5, 5.41) is 0. The van der Waals surface area contributed by atoms with Crippen LogP contribution in [0, 0.1) is 11.8 Å². The van der Waals surface area contributed by atoms with E-state index in [2.05, 4.69) is 20.8 Å². The molecule has 2 atom stereocenters. The van der Waals surface area contributed by atoms with Gasteiger partial charge in [0.15, 0.2) is 0 Å². The molecule has 0 rings (SSSR count). The van der Waals surface area contributed by atoms with Gasteiger partial charge in [0.1, 0.15) is 5.78 Å². The summed E-state index contributed by atoms with van der Waals surface area (Å²) >= 11 is 0. The van der Waals surface area contributed by atoms with Crippen molar-refractivity contribution in [3.05, 3.63) is 0 Å². The molecule has 0 fully saturated rings. The highest BCUT2D eigenvalue weighted by Crippen LogP contribution is 2.19. The quantitative estimate of drug-likeness (QED) is 0.597. The van der Waals surface area contributed by atoms with E-state index in [1.54, 1.807) is 0 Å². The van der Waals surface area contributed by atoms with Crippen molar-refractivity contribution >= 4 is 5.78 Å². The second-order valence-corrected chi connectivity index (χ2v) is 3.67. The van der Waals surface area contributed by atoms with Crippen molar-refractivity contribution in [2.45, 2.75) is 53.4 Å². The summed E-state index contributed by atoms with van der Waals surface area (Å²) in [6, 6.07) is 0. The van der Waals surface area contributed by atoms with E-state index in [0.29, 0.717) is 24.0 Å². The zero-order chi connectivity index (χ0) is 9.56. The summed E-state index contributed by atoms with van der Waals surface area (Å²) in [4.78, 5) is 11.4. The second kappa shape index (κ2) is 6.22. The van der Waals surface area contributed by atoms with E-state index in [1.165, 1.54) is 6.42 Å². The van der Waals surface area contributed by atoms with Crippen LogP contribution < -0.4 is 0 Å². The van der Waals surface area contributed by atoms with E-state index in [0.717, 1.165) is 12.8 Å². The van der Waals surface area contributed by atoms with Gasteiger partial charge in [0.2, 0.25) is 0 Å². The molecule has 0 bridgehead atoms. The van der Waals surface area contributed by atoms with Crippen LogP contribution in [-0.2, 0) is 4.79 Å². The van der Waals surface area contributed by atoms with Gasteiger partial charge in [-0.3, -0.25) is 4.79 Å². The maximum Gasteiger partial charge on any atom is 0.135 e.